The molecular weight excluding hydrogens is 437 g/mol. The smallest absolute Gasteiger partial charge is 0.240 e. The number of aliphatic hydroxyl groups is 1. The van der Waals surface area contributed by atoms with Crippen LogP contribution < -0.4 is 14.8 Å². The number of hydrogen-bond acceptors (Lipinski definition) is 8. The zero-order chi connectivity index (χ0) is 22.7. The first-order valence-corrected chi connectivity index (χ1v) is 12.0. The van der Waals surface area contributed by atoms with E-state index < -0.39 is 28.4 Å². The number of nitrogens with zero attached hydrogens (tertiary/aromatic N) is 3. The second-order valence-electron chi connectivity index (χ2n) is 8.07. The van der Waals surface area contributed by atoms with E-state index in [1.54, 1.807) is 12.1 Å². The van der Waals surface area contributed by atoms with Crippen LogP contribution in [0.15, 0.2) is 35.4 Å². The number of alkyl halides is 1. The van der Waals surface area contributed by atoms with E-state index in [-0.39, 0.29) is 41.2 Å². The summed E-state index contributed by atoms with van der Waals surface area (Å²) in [5.74, 6) is 0.257. The molecule has 1 aromatic carbocycles. The summed E-state index contributed by atoms with van der Waals surface area (Å²) in [6.07, 6.45) is 2.90. The Hall–Kier alpha value is -2.81. The molecule has 0 amide bonds. The Morgan fingerprint density at radius 3 is 2.56 bits per heavy atom. The highest BCUT2D eigenvalue weighted by molar-refractivity contribution is 7.89. The Balaban J connectivity index is 1.45. The van der Waals surface area contributed by atoms with E-state index >= 15 is 0 Å². The van der Waals surface area contributed by atoms with Gasteiger partial charge < -0.3 is 15.2 Å². The van der Waals surface area contributed by atoms with Crippen molar-refractivity contribution in [1.82, 2.24) is 14.7 Å². The molecule has 11 heteroatoms. The third-order valence-corrected chi connectivity index (χ3v) is 7.16. The molecule has 2 aliphatic rings. The van der Waals surface area contributed by atoms with Crippen LogP contribution in [0.1, 0.15) is 44.1 Å². The zero-order valence-corrected chi connectivity index (χ0v) is 18.1. The van der Waals surface area contributed by atoms with Gasteiger partial charge in [0.1, 0.15) is 23.9 Å². The van der Waals surface area contributed by atoms with E-state index in [0.29, 0.717) is 18.5 Å². The van der Waals surface area contributed by atoms with Crippen LogP contribution in [0.4, 0.5) is 16.0 Å². The number of rotatable bonds is 7. The summed E-state index contributed by atoms with van der Waals surface area (Å²) in [4.78, 5) is 8.43. The second-order valence-corrected chi connectivity index (χ2v) is 9.78. The normalized spacial score (nSPS) is 25.4. The fourth-order valence-electron chi connectivity index (χ4n) is 3.73. The van der Waals surface area contributed by atoms with E-state index in [1.165, 1.54) is 18.3 Å². The summed E-state index contributed by atoms with van der Waals surface area (Å²) >= 11 is 0. The van der Waals surface area contributed by atoms with Gasteiger partial charge in [0.15, 0.2) is 0 Å². The maximum Gasteiger partial charge on any atom is 0.240 e. The Morgan fingerprint density at radius 1 is 1.19 bits per heavy atom. The van der Waals surface area contributed by atoms with Gasteiger partial charge >= 0.3 is 0 Å². The number of benzene rings is 1. The lowest BCUT2D eigenvalue weighted by Crippen LogP contribution is -2.45. The molecule has 0 bridgehead atoms. The molecule has 2 saturated carbocycles. The fourth-order valence-corrected chi connectivity index (χ4v) is 4.99. The molecule has 32 heavy (non-hydrogen) atoms. The molecule has 9 nitrogen and oxygen atoms in total. The van der Waals surface area contributed by atoms with Gasteiger partial charge in [0.2, 0.25) is 21.9 Å². The molecule has 1 aromatic heterocycles. The van der Waals surface area contributed by atoms with Gasteiger partial charge in [-0.15, -0.1) is 0 Å². The molecule has 2 fully saturated rings. The molecule has 170 valence electrons. The van der Waals surface area contributed by atoms with Crippen molar-refractivity contribution in [3.05, 3.63) is 36.0 Å². The van der Waals surface area contributed by atoms with Crippen LogP contribution in [0.5, 0.6) is 5.88 Å². The van der Waals surface area contributed by atoms with Gasteiger partial charge in [0.25, 0.3) is 0 Å². The number of halogens is 1. The summed E-state index contributed by atoms with van der Waals surface area (Å²) in [5.41, 5.74) is 0.692. The van der Waals surface area contributed by atoms with Gasteiger partial charge in [-0.05, 0) is 56.4 Å². The standard InChI is InChI=1S/C21H24FN5O4S/c22-14-9-16(10-14)27-32(29,30)17-7-5-15(6-8-17)25-21-24-12-13(11-23)20(26-21)31-19-4-2-1-3-18(19)28/h5-8,12,14,16,18-19,27-28H,1-4,9-10H2,(H,24,25,26)/t14?,16?,18-,19+/m1/s1. The number of ether oxygens (including phenoxy) is 1. The molecule has 0 saturated heterocycles. The van der Waals surface area contributed by atoms with E-state index in [0.717, 1.165) is 12.8 Å². The lowest BCUT2D eigenvalue weighted by molar-refractivity contribution is 0.00436. The van der Waals surface area contributed by atoms with Crippen LogP contribution in [0.2, 0.25) is 0 Å². The molecule has 2 atom stereocenters. The molecule has 2 aliphatic carbocycles. The van der Waals surface area contributed by atoms with Crippen LogP contribution in [-0.2, 0) is 10.0 Å². The number of aromatic nitrogens is 2. The number of hydrogen-bond donors (Lipinski definition) is 3. The van der Waals surface area contributed by atoms with Gasteiger partial charge in [0.05, 0.1) is 17.2 Å². The molecule has 0 radical (unpaired) electrons. The van der Waals surface area contributed by atoms with Crippen molar-refractivity contribution in [2.75, 3.05) is 5.32 Å². The van der Waals surface area contributed by atoms with E-state index in [1.807, 2.05) is 6.07 Å². The lowest BCUT2D eigenvalue weighted by atomic mass is 9.92. The summed E-state index contributed by atoms with van der Waals surface area (Å²) in [6, 6.07) is 7.58. The van der Waals surface area contributed by atoms with Gasteiger partial charge in [-0.3, -0.25) is 0 Å². The molecule has 0 spiro atoms. The van der Waals surface area contributed by atoms with Crippen LogP contribution in [0.3, 0.4) is 0 Å². The largest absolute Gasteiger partial charge is 0.471 e. The summed E-state index contributed by atoms with van der Waals surface area (Å²) < 4.78 is 46.0. The van der Waals surface area contributed by atoms with E-state index in [2.05, 4.69) is 20.0 Å². The summed E-state index contributed by atoms with van der Waals surface area (Å²) in [5, 5.41) is 22.4. The maximum absolute atomic E-state index is 12.9. The minimum atomic E-state index is -3.73. The zero-order valence-electron chi connectivity index (χ0n) is 17.2. The third-order valence-electron chi connectivity index (χ3n) is 5.63. The van der Waals surface area contributed by atoms with Crippen LogP contribution in [0.25, 0.3) is 0 Å². The Labute approximate surface area is 185 Å². The second kappa shape index (κ2) is 9.36. The van der Waals surface area contributed by atoms with Crippen molar-refractivity contribution < 1.29 is 22.7 Å². The maximum atomic E-state index is 12.9. The molecular formula is C21H24FN5O4S. The lowest BCUT2D eigenvalue weighted by Gasteiger charge is -2.29. The predicted molar refractivity (Wildman–Crippen MR) is 114 cm³/mol. The highest BCUT2D eigenvalue weighted by Gasteiger charge is 2.32. The summed E-state index contributed by atoms with van der Waals surface area (Å²) in [7, 11) is -3.73. The van der Waals surface area contributed by atoms with E-state index in [4.69, 9.17) is 4.74 Å². The van der Waals surface area contributed by atoms with Crippen molar-refractivity contribution in [3.63, 3.8) is 0 Å². The number of aliphatic hydroxyl groups excluding tert-OH is 1. The Kier molecular flexibility index (Phi) is 6.55. The van der Waals surface area contributed by atoms with Crippen LogP contribution in [0, 0.1) is 11.3 Å². The molecule has 0 aliphatic heterocycles. The number of nitrogens with one attached hydrogen (secondary N) is 2. The number of anilines is 2. The SMILES string of the molecule is N#Cc1cnc(Nc2ccc(S(=O)(=O)NC3CC(F)C3)cc2)nc1O[C@H]1CCCC[C@H]1O. The highest BCUT2D eigenvalue weighted by Crippen LogP contribution is 2.27. The minimum Gasteiger partial charge on any atom is -0.471 e. The minimum absolute atomic E-state index is 0.0708. The number of nitriles is 1. The topological polar surface area (TPSA) is 137 Å². The van der Waals surface area contributed by atoms with Crippen molar-refractivity contribution in [2.24, 2.45) is 0 Å². The van der Waals surface area contributed by atoms with Gasteiger partial charge in [-0.25, -0.2) is 22.5 Å². The summed E-state index contributed by atoms with van der Waals surface area (Å²) in [6.45, 7) is 0. The van der Waals surface area contributed by atoms with Gasteiger partial charge in [-0.2, -0.15) is 10.2 Å². The molecule has 2 aromatic rings. The quantitative estimate of drug-likeness (QED) is 0.572. The molecule has 1 heterocycles. The number of sulfonamides is 1. The van der Waals surface area contributed by atoms with Gasteiger partial charge in [0, 0.05) is 11.7 Å². The molecule has 0 unspecified atom stereocenters. The third kappa shape index (κ3) is 5.15. The first kappa shape index (κ1) is 22.4. The Bertz CT molecular complexity index is 1100. The highest BCUT2D eigenvalue weighted by atomic mass is 32.2. The first-order valence-electron chi connectivity index (χ1n) is 10.5. The first-order chi connectivity index (χ1) is 15.3. The molecule has 4 rings (SSSR count). The van der Waals surface area contributed by atoms with Crippen LogP contribution in [-0.4, -0.2) is 47.9 Å². The van der Waals surface area contributed by atoms with Crippen molar-refractivity contribution >= 4 is 21.7 Å². The fraction of sp³-hybridized carbons (Fsp3) is 0.476. The van der Waals surface area contributed by atoms with Gasteiger partial charge in [-0.1, -0.05) is 6.42 Å². The average Bonchev–Trinajstić information content (AvgIpc) is 2.75. The predicted octanol–water partition coefficient (Wildman–Crippen LogP) is 2.55. The average molecular weight is 462 g/mol. The van der Waals surface area contributed by atoms with E-state index in [9.17, 15) is 23.2 Å². The van der Waals surface area contributed by atoms with Crippen molar-refractivity contribution in [1.29, 1.82) is 5.26 Å². The van der Waals surface area contributed by atoms with Crippen LogP contribution >= 0.6 is 0 Å². The van der Waals surface area contributed by atoms with Crippen molar-refractivity contribution in [3.8, 4) is 11.9 Å². The Morgan fingerprint density at radius 2 is 1.91 bits per heavy atom. The molecule has 3 N–H and O–H groups in total. The monoisotopic (exact) mass is 461 g/mol. The van der Waals surface area contributed by atoms with Crippen molar-refractivity contribution in [2.45, 2.75) is 67.8 Å².